The molecule has 0 unspecified atom stereocenters. The van der Waals surface area contributed by atoms with Gasteiger partial charge in [0, 0.05) is 37.8 Å². The van der Waals surface area contributed by atoms with Gasteiger partial charge in [-0.15, -0.1) is 0 Å². The highest BCUT2D eigenvalue weighted by atomic mass is 16.6. The first-order chi connectivity index (χ1) is 13.1. The van der Waals surface area contributed by atoms with Gasteiger partial charge in [-0.05, 0) is 18.2 Å². The second kappa shape index (κ2) is 8.31. The first-order valence-electron chi connectivity index (χ1n) is 8.54. The number of nitro benzene ring substituents is 1. The summed E-state index contributed by atoms with van der Waals surface area (Å²) in [6, 6.07) is 14.9. The number of nitro groups is 1. The minimum absolute atomic E-state index is 0.0566. The molecule has 1 fully saturated rings. The lowest BCUT2D eigenvalue weighted by molar-refractivity contribution is -0.385. The van der Waals surface area contributed by atoms with Crippen molar-refractivity contribution in [2.75, 3.05) is 32.8 Å². The van der Waals surface area contributed by atoms with Gasteiger partial charge >= 0.3 is 5.69 Å². The molecular formula is C19H19N3O5. The zero-order chi connectivity index (χ0) is 19.2. The quantitative estimate of drug-likeness (QED) is 0.593. The molecule has 0 saturated carbocycles. The lowest BCUT2D eigenvalue weighted by Gasteiger charge is -2.34. The fourth-order valence-corrected chi connectivity index (χ4v) is 2.88. The third-order valence-electron chi connectivity index (χ3n) is 4.35. The zero-order valence-electron chi connectivity index (χ0n) is 14.6. The van der Waals surface area contributed by atoms with E-state index in [1.807, 2.05) is 18.2 Å². The average molecular weight is 369 g/mol. The summed E-state index contributed by atoms with van der Waals surface area (Å²) in [5.74, 6) is -0.257. The molecule has 2 aromatic carbocycles. The van der Waals surface area contributed by atoms with Crippen LogP contribution in [0.15, 0.2) is 54.6 Å². The summed E-state index contributed by atoms with van der Waals surface area (Å²) in [5.41, 5.74) is 0.445. The third kappa shape index (κ3) is 4.41. The molecule has 1 heterocycles. The number of hydrogen-bond acceptors (Lipinski definition) is 5. The van der Waals surface area contributed by atoms with Gasteiger partial charge in [0.25, 0.3) is 11.8 Å². The van der Waals surface area contributed by atoms with Crippen LogP contribution in [0.25, 0.3) is 0 Å². The maximum Gasteiger partial charge on any atom is 0.310 e. The van der Waals surface area contributed by atoms with Crippen LogP contribution < -0.4 is 4.74 Å². The summed E-state index contributed by atoms with van der Waals surface area (Å²) in [7, 11) is 0. The lowest BCUT2D eigenvalue weighted by atomic mass is 10.2. The number of carbonyl (C=O) groups excluding carboxylic acids is 2. The van der Waals surface area contributed by atoms with Crippen LogP contribution >= 0.6 is 0 Å². The van der Waals surface area contributed by atoms with Crippen LogP contribution in [0.4, 0.5) is 5.69 Å². The Morgan fingerprint density at radius 3 is 2.19 bits per heavy atom. The Morgan fingerprint density at radius 2 is 1.52 bits per heavy atom. The van der Waals surface area contributed by atoms with Gasteiger partial charge in [0.15, 0.2) is 12.4 Å². The Morgan fingerprint density at radius 1 is 0.926 bits per heavy atom. The van der Waals surface area contributed by atoms with E-state index >= 15 is 0 Å². The number of ether oxygens (including phenoxy) is 1. The van der Waals surface area contributed by atoms with E-state index in [0.717, 1.165) is 0 Å². The number of benzene rings is 2. The van der Waals surface area contributed by atoms with E-state index in [4.69, 9.17) is 4.74 Å². The number of rotatable bonds is 5. The number of carbonyl (C=O) groups is 2. The number of amides is 2. The first-order valence-corrected chi connectivity index (χ1v) is 8.54. The van der Waals surface area contributed by atoms with E-state index in [9.17, 15) is 19.7 Å². The molecule has 8 heteroatoms. The minimum atomic E-state index is -0.548. The van der Waals surface area contributed by atoms with Gasteiger partial charge in [-0.2, -0.15) is 0 Å². The van der Waals surface area contributed by atoms with Crippen LogP contribution in [-0.4, -0.2) is 59.3 Å². The van der Waals surface area contributed by atoms with E-state index < -0.39 is 4.92 Å². The van der Waals surface area contributed by atoms with Crippen LogP contribution in [0.2, 0.25) is 0 Å². The van der Waals surface area contributed by atoms with Crippen molar-refractivity contribution >= 4 is 17.5 Å². The molecule has 0 bridgehead atoms. The fourth-order valence-electron chi connectivity index (χ4n) is 2.88. The Bertz CT molecular complexity index is 832. The third-order valence-corrected chi connectivity index (χ3v) is 4.35. The normalized spacial score (nSPS) is 13.9. The minimum Gasteiger partial charge on any atom is -0.477 e. The van der Waals surface area contributed by atoms with Crippen LogP contribution in [-0.2, 0) is 4.79 Å². The van der Waals surface area contributed by atoms with Crippen molar-refractivity contribution in [2.45, 2.75) is 0 Å². The van der Waals surface area contributed by atoms with Crippen molar-refractivity contribution in [2.24, 2.45) is 0 Å². The van der Waals surface area contributed by atoms with E-state index in [1.165, 1.54) is 18.2 Å². The summed E-state index contributed by atoms with van der Waals surface area (Å²) in [4.78, 5) is 38.5. The molecule has 1 aliphatic rings. The van der Waals surface area contributed by atoms with E-state index in [-0.39, 0.29) is 29.9 Å². The summed E-state index contributed by atoms with van der Waals surface area (Å²) in [5, 5.41) is 11.0. The SMILES string of the molecule is O=C(COc1ccccc1[N+](=O)[O-])N1CCN(C(=O)c2ccccc2)CC1. The molecule has 0 aliphatic carbocycles. The molecule has 8 nitrogen and oxygen atoms in total. The predicted molar refractivity (Wildman–Crippen MR) is 97.5 cm³/mol. The van der Waals surface area contributed by atoms with Gasteiger partial charge in [0.05, 0.1) is 4.92 Å². The first kappa shape index (κ1) is 18.4. The summed E-state index contributed by atoms with van der Waals surface area (Å²) in [6.07, 6.45) is 0. The molecule has 0 spiro atoms. The standard InChI is InChI=1S/C19H19N3O5/c23-18(14-27-17-9-5-4-8-16(17)22(25)26)20-10-12-21(13-11-20)19(24)15-6-2-1-3-7-15/h1-9H,10-14H2. The zero-order valence-corrected chi connectivity index (χ0v) is 14.6. The molecular weight excluding hydrogens is 350 g/mol. The predicted octanol–water partition coefficient (Wildman–Crippen LogP) is 1.96. The van der Waals surface area contributed by atoms with Crippen molar-refractivity contribution < 1.29 is 19.2 Å². The maximum absolute atomic E-state index is 12.4. The number of para-hydroxylation sites is 2. The van der Waals surface area contributed by atoms with Gasteiger partial charge in [-0.25, -0.2) is 0 Å². The van der Waals surface area contributed by atoms with Gasteiger partial charge in [-0.3, -0.25) is 19.7 Å². The van der Waals surface area contributed by atoms with Crippen molar-refractivity contribution in [3.05, 3.63) is 70.3 Å². The van der Waals surface area contributed by atoms with Gasteiger partial charge < -0.3 is 14.5 Å². The second-order valence-corrected chi connectivity index (χ2v) is 6.05. The Hall–Kier alpha value is -3.42. The Labute approximate surface area is 156 Å². The van der Waals surface area contributed by atoms with Crippen LogP contribution in [0.5, 0.6) is 5.75 Å². The van der Waals surface area contributed by atoms with E-state index in [0.29, 0.717) is 31.7 Å². The number of hydrogen-bond donors (Lipinski definition) is 0. The van der Waals surface area contributed by atoms with Crippen molar-refractivity contribution in [3.63, 3.8) is 0 Å². The Kier molecular flexibility index (Phi) is 5.65. The number of nitrogens with zero attached hydrogens (tertiary/aromatic N) is 3. The van der Waals surface area contributed by atoms with Crippen molar-refractivity contribution in [1.29, 1.82) is 0 Å². The second-order valence-electron chi connectivity index (χ2n) is 6.05. The lowest BCUT2D eigenvalue weighted by Crippen LogP contribution is -2.51. The van der Waals surface area contributed by atoms with Gasteiger partial charge in [0.1, 0.15) is 0 Å². The molecule has 0 atom stereocenters. The van der Waals surface area contributed by atoms with Crippen LogP contribution in [0, 0.1) is 10.1 Å². The summed E-state index contributed by atoms with van der Waals surface area (Å²) >= 11 is 0. The summed E-state index contributed by atoms with van der Waals surface area (Å²) in [6.45, 7) is 1.39. The molecule has 27 heavy (non-hydrogen) atoms. The van der Waals surface area contributed by atoms with Crippen molar-refractivity contribution in [3.8, 4) is 5.75 Å². The highest BCUT2D eigenvalue weighted by Gasteiger charge is 2.25. The maximum atomic E-state index is 12.4. The molecule has 0 N–H and O–H groups in total. The molecule has 140 valence electrons. The van der Waals surface area contributed by atoms with E-state index in [1.54, 1.807) is 28.0 Å². The largest absolute Gasteiger partial charge is 0.477 e. The van der Waals surface area contributed by atoms with E-state index in [2.05, 4.69) is 0 Å². The molecule has 0 radical (unpaired) electrons. The topological polar surface area (TPSA) is 93.0 Å². The smallest absolute Gasteiger partial charge is 0.310 e. The van der Waals surface area contributed by atoms with Gasteiger partial charge in [-0.1, -0.05) is 30.3 Å². The molecule has 2 amide bonds. The van der Waals surface area contributed by atoms with Crippen molar-refractivity contribution in [1.82, 2.24) is 9.80 Å². The summed E-state index contributed by atoms with van der Waals surface area (Å²) < 4.78 is 5.34. The fraction of sp³-hybridized carbons (Fsp3) is 0.263. The van der Waals surface area contributed by atoms with Crippen LogP contribution in [0.3, 0.4) is 0 Å². The molecule has 1 aliphatic heterocycles. The molecule has 2 aromatic rings. The average Bonchev–Trinajstić information content (AvgIpc) is 2.72. The van der Waals surface area contributed by atoms with Gasteiger partial charge in [0.2, 0.25) is 0 Å². The highest BCUT2D eigenvalue weighted by Crippen LogP contribution is 2.25. The Balaban J connectivity index is 1.52. The highest BCUT2D eigenvalue weighted by molar-refractivity contribution is 5.94. The molecule has 3 rings (SSSR count). The molecule has 0 aromatic heterocycles. The van der Waals surface area contributed by atoms with Crippen LogP contribution in [0.1, 0.15) is 10.4 Å². The molecule has 1 saturated heterocycles. The number of piperazine rings is 1. The monoisotopic (exact) mass is 369 g/mol.